The van der Waals surface area contributed by atoms with Crippen LogP contribution < -0.4 is 0 Å². The van der Waals surface area contributed by atoms with Gasteiger partial charge in [-0.1, -0.05) is 23.7 Å². The monoisotopic (exact) mass is 439 g/mol. The molecule has 0 saturated carbocycles. The molecule has 0 atom stereocenters. The number of nitrogens with one attached hydrogen (secondary N) is 1. The first-order valence-corrected chi connectivity index (χ1v) is 11.2. The number of amides is 1. The van der Waals surface area contributed by atoms with Crippen molar-refractivity contribution in [3.05, 3.63) is 41.0 Å². The molecule has 0 spiro atoms. The SMILES string of the molecule is O=C(c1cc(-c2cccc(Cl)c2)n[nH]1)N1CCN(S(=O)(=O)N2CCOCC2)CC1. The molecule has 1 aromatic heterocycles. The highest BCUT2D eigenvalue weighted by molar-refractivity contribution is 7.86. The number of carbonyl (C=O) groups is 1. The molecule has 11 heteroatoms. The number of aromatic nitrogens is 2. The van der Waals surface area contributed by atoms with E-state index in [9.17, 15) is 13.2 Å². The molecule has 29 heavy (non-hydrogen) atoms. The topological polar surface area (TPSA) is 98.8 Å². The van der Waals surface area contributed by atoms with Crippen LogP contribution >= 0.6 is 11.6 Å². The molecule has 2 saturated heterocycles. The smallest absolute Gasteiger partial charge is 0.282 e. The zero-order chi connectivity index (χ0) is 20.4. The first-order chi connectivity index (χ1) is 13.9. The largest absolute Gasteiger partial charge is 0.379 e. The van der Waals surface area contributed by atoms with Crippen LogP contribution in [0.4, 0.5) is 0 Å². The van der Waals surface area contributed by atoms with E-state index in [1.54, 1.807) is 23.1 Å². The molecule has 0 unspecified atom stereocenters. The van der Waals surface area contributed by atoms with E-state index in [0.29, 0.717) is 55.8 Å². The van der Waals surface area contributed by atoms with Crippen LogP contribution in [0.25, 0.3) is 11.3 Å². The lowest BCUT2D eigenvalue weighted by molar-refractivity contribution is 0.0633. The fourth-order valence-corrected chi connectivity index (χ4v) is 5.21. The summed E-state index contributed by atoms with van der Waals surface area (Å²) in [6.45, 7) is 2.73. The molecule has 2 aliphatic rings. The van der Waals surface area contributed by atoms with E-state index in [2.05, 4.69) is 10.2 Å². The van der Waals surface area contributed by atoms with Crippen molar-refractivity contribution in [3.8, 4) is 11.3 Å². The number of nitrogens with zero attached hydrogens (tertiary/aromatic N) is 4. The van der Waals surface area contributed by atoms with E-state index in [0.717, 1.165) is 5.56 Å². The Hall–Kier alpha value is -1.98. The number of benzene rings is 1. The highest BCUT2D eigenvalue weighted by atomic mass is 35.5. The first-order valence-electron chi connectivity index (χ1n) is 9.39. The Kier molecular flexibility index (Phi) is 5.88. The maximum absolute atomic E-state index is 12.8. The minimum Gasteiger partial charge on any atom is -0.379 e. The number of aromatic amines is 1. The molecule has 1 amide bonds. The van der Waals surface area contributed by atoms with Crippen molar-refractivity contribution < 1.29 is 17.9 Å². The summed E-state index contributed by atoms with van der Waals surface area (Å²) in [7, 11) is -3.52. The Morgan fingerprint density at radius 1 is 1.03 bits per heavy atom. The second-order valence-corrected chi connectivity index (χ2v) is 9.25. The van der Waals surface area contributed by atoms with E-state index < -0.39 is 10.2 Å². The standard InChI is InChI=1S/C18H22ClN5O4S/c19-15-3-1-2-14(12-15)16-13-17(21-20-16)18(25)22-4-6-23(7-5-22)29(26,27)24-8-10-28-11-9-24/h1-3,12-13H,4-11H2,(H,20,21). The number of hydrogen-bond donors (Lipinski definition) is 1. The summed E-state index contributed by atoms with van der Waals surface area (Å²) in [4.78, 5) is 14.4. The van der Waals surface area contributed by atoms with Crippen LogP contribution in [-0.4, -0.2) is 90.5 Å². The van der Waals surface area contributed by atoms with Gasteiger partial charge in [-0.15, -0.1) is 0 Å². The second kappa shape index (κ2) is 8.41. The van der Waals surface area contributed by atoms with Gasteiger partial charge in [0.1, 0.15) is 5.69 Å². The van der Waals surface area contributed by atoms with Crippen molar-refractivity contribution >= 4 is 27.7 Å². The van der Waals surface area contributed by atoms with Crippen LogP contribution in [0.3, 0.4) is 0 Å². The Labute approximate surface area is 174 Å². The lowest BCUT2D eigenvalue weighted by Gasteiger charge is -2.37. The third kappa shape index (κ3) is 4.31. The molecule has 4 rings (SSSR count). The fraction of sp³-hybridized carbons (Fsp3) is 0.444. The average molecular weight is 440 g/mol. The number of morpholine rings is 1. The molecule has 3 heterocycles. The van der Waals surface area contributed by atoms with Crippen LogP contribution in [0.2, 0.25) is 5.02 Å². The normalized spacial score (nSPS) is 19.4. The van der Waals surface area contributed by atoms with Gasteiger partial charge in [0, 0.05) is 49.9 Å². The number of hydrogen-bond acceptors (Lipinski definition) is 5. The Balaban J connectivity index is 1.39. The number of halogens is 1. The Morgan fingerprint density at radius 2 is 1.72 bits per heavy atom. The molecule has 2 fully saturated rings. The number of piperazine rings is 1. The van der Waals surface area contributed by atoms with Crippen LogP contribution in [0.1, 0.15) is 10.5 Å². The van der Waals surface area contributed by atoms with E-state index in [4.69, 9.17) is 16.3 Å². The maximum atomic E-state index is 12.8. The van der Waals surface area contributed by atoms with E-state index >= 15 is 0 Å². The molecular formula is C18H22ClN5O4S. The number of rotatable bonds is 4. The minimum atomic E-state index is -3.52. The predicted molar refractivity (Wildman–Crippen MR) is 108 cm³/mol. The van der Waals surface area contributed by atoms with Crippen LogP contribution in [-0.2, 0) is 14.9 Å². The van der Waals surface area contributed by atoms with Crippen molar-refractivity contribution in [2.24, 2.45) is 0 Å². The Morgan fingerprint density at radius 3 is 2.41 bits per heavy atom. The highest BCUT2D eigenvalue weighted by Gasteiger charge is 2.34. The molecule has 156 valence electrons. The summed E-state index contributed by atoms with van der Waals surface area (Å²) >= 11 is 6.02. The summed E-state index contributed by atoms with van der Waals surface area (Å²) in [5.74, 6) is -0.200. The van der Waals surface area contributed by atoms with Crippen molar-refractivity contribution in [1.82, 2.24) is 23.7 Å². The van der Waals surface area contributed by atoms with Gasteiger partial charge in [-0.25, -0.2) is 0 Å². The zero-order valence-corrected chi connectivity index (χ0v) is 17.3. The second-order valence-electron chi connectivity index (χ2n) is 6.89. The molecule has 1 N–H and O–H groups in total. The van der Waals surface area contributed by atoms with Gasteiger partial charge < -0.3 is 9.64 Å². The van der Waals surface area contributed by atoms with E-state index in [1.165, 1.54) is 8.61 Å². The fourth-order valence-electron chi connectivity index (χ4n) is 3.46. The maximum Gasteiger partial charge on any atom is 0.282 e. The van der Waals surface area contributed by atoms with E-state index in [-0.39, 0.29) is 19.0 Å². The molecule has 1 aromatic carbocycles. The van der Waals surface area contributed by atoms with Crippen LogP contribution in [0, 0.1) is 0 Å². The first kappa shape index (κ1) is 20.3. The van der Waals surface area contributed by atoms with Gasteiger partial charge >= 0.3 is 0 Å². The number of H-pyrrole nitrogens is 1. The molecular weight excluding hydrogens is 418 g/mol. The van der Waals surface area contributed by atoms with Gasteiger partial charge in [-0.3, -0.25) is 9.89 Å². The summed E-state index contributed by atoms with van der Waals surface area (Å²) in [6.07, 6.45) is 0. The summed E-state index contributed by atoms with van der Waals surface area (Å²) in [5.41, 5.74) is 1.81. The quantitative estimate of drug-likeness (QED) is 0.768. The highest BCUT2D eigenvalue weighted by Crippen LogP contribution is 2.22. The third-order valence-corrected chi connectivity index (χ3v) is 7.35. The predicted octanol–water partition coefficient (Wildman–Crippen LogP) is 1.06. The van der Waals surface area contributed by atoms with Crippen molar-refractivity contribution in [1.29, 1.82) is 0 Å². The lowest BCUT2D eigenvalue weighted by atomic mass is 10.1. The summed E-state index contributed by atoms with van der Waals surface area (Å²) < 4.78 is 33.6. The van der Waals surface area contributed by atoms with Gasteiger partial charge in [0.2, 0.25) is 0 Å². The van der Waals surface area contributed by atoms with Crippen molar-refractivity contribution in [3.63, 3.8) is 0 Å². The van der Waals surface area contributed by atoms with E-state index in [1.807, 2.05) is 12.1 Å². The molecule has 2 aliphatic heterocycles. The number of carbonyl (C=O) groups excluding carboxylic acids is 1. The third-order valence-electron chi connectivity index (χ3n) is 5.08. The van der Waals surface area contributed by atoms with Crippen LogP contribution in [0.15, 0.2) is 30.3 Å². The number of ether oxygens (including phenoxy) is 1. The van der Waals surface area contributed by atoms with Gasteiger partial charge in [-0.05, 0) is 18.2 Å². The molecule has 0 bridgehead atoms. The van der Waals surface area contributed by atoms with Gasteiger partial charge in [0.15, 0.2) is 0 Å². The Bertz CT molecular complexity index is 982. The molecule has 0 aliphatic carbocycles. The average Bonchev–Trinajstić information content (AvgIpc) is 3.24. The molecule has 2 aromatic rings. The zero-order valence-electron chi connectivity index (χ0n) is 15.8. The van der Waals surface area contributed by atoms with Gasteiger partial charge in [-0.2, -0.15) is 22.1 Å². The molecule has 9 nitrogen and oxygen atoms in total. The molecule has 0 radical (unpaired) electrons. The minimum absolute atomic E-state index is 0.200. The summed E-state index contributed by atoms with van der Waals surface area (Å²) in [5, 5.41) is 7.57. The van der Waals surface area contributed by atoms with Crippen molar-refractivity contribution in [2.45, 2.75) is 0 Å². The van der Waals surface area contributed by atoms with Crippen LogP contribution in [0.5, 0.6) is 0 Å². The lowest BCUT2D eigenvalue weighted by Crippen LogP contribution is -2.55. The van der Waals surface area contributed by atoms with Gasteiger partial charge in [0.05, 0.1) is 18.9 Å². The summed E-state index contributed by atoms with van der Waals surface area (Å²) in [6, 6.07) is 8.92. The van der Waals surface area contributed by atoms with Gasteiger partial charge in [0.25, 0.3) is 16.1 Å². The van der Waals surface area contributed by atoms with Crippen molar-refractivity contribution in [2.75, 3.05) is 52.5 Å².